The molecule has 0 unspecified atom stereocenters. The van der Waals surface area contributed by atoms with Crippen molar-refractivity contribution in [3.8, 4) is 0 Å². The zero-order valence-electron chi connectivity index (χ0n) is 14.9. The Morgan fingerprint density at radius 2 is 2.08 bits per heavy atom. The zero-order chi connectivity index (χ0) is 17.8. The average Bonchev–Trinajstić information content (AvgIpc) is 3.10. The third-order valence-corrected chi connectivity index (χ3v) is 4.55. The molecular formula is C18H24N4O3. The third kappa shape index (κ3) is 4.17. The number of hydrogen-bond acceptors (Lipinski definition) is 7. The number of hydrogen-bond donors (Lipinski definition) is 0. The van der Waals surface area contributed by atoms with Crippen molar-refractivity contribution in [2.45, 2.75) is 18.9 Å². The fourth-order valence-electron chi connectivity index (χ4n) is 3.31. The summed E-state index contributed by atoms with van der Waals surface area (Å²) >= 11 is 0. The average molecular weight is 344 g/mol. The normalized spacial score (nSPS) is 21.1. The van der Waals surface area contributed by atoms with Gasteiger partial charge in [0.15, 0.2) is 0 Å². The molecular weight excluding hydrogens is 320 g/mol. The van der Waals surface area contributed by atoms with E-state index >= 15 is 0 Å². The van der Waals surface area contributed by atoms with Crippen molar-refractivity contribution in [1.29, 1.82) is 0 Å². The molecule has 0 radical (unpaired) electrons. The van der Waals surface area contributed by atoms with Crippen LogP contribution in [0.1, 0.15) is 23.8 Å². The summed E-state index contributed by atoms with van der Waals surface area (Å²) in [6.45, 7) is 2.00. The van der Waals surface area contributed by atoms with Crippen LogP contribution < -0.4 is 4.90 Å². The maximum absolute atomic E-state index is 12.1. The molecule has 0 bridgehead atoms. The Balaban J connectivity index is 1.76. The summed E-state index contributed by atoms with van der Waals surface area (Å²) in [6, 6.07) is 10.3. The molecule has 0 amide bonds. The summed E-state index contributed by atoms with van der Waals surface area (Å²) in [5, 5.41) is 3.95. The van der Waals surface area contributed by atoms with Gasteiger partial charge in [-0.25, -0.2) is 0 Å². The summed E-state index contributed by atoms with van der Waals surface area (Å²) in [7, 11) is 5.18. The van der Waals surface area contributed by atoms with Crippen molar-refractivity contribution in [2.75, 3.05) is 39.2 Å². The number of likely N-dealkylation sites (tertiary alicyclic amines) is 1. The first-order chi connectivity index (χ1) is 12.1. The molecule has 1 aromatic carbocycles. The van der Waals surface area contributed by atoms with Crippen molar-refractivity contribution in [2.24, 2.45) is 5.92 Å². The Kier molecular flexibility index (Phi) is 5.33. The summed E-state index contributed by atoms with van der Waals surface area (Å²) in [6.07, 6.45) is 0.792. The van der Waals surface area contributed by atoms with Gasteiger partial charge in [0.2, 0.25) is 5.89 Å². The summed E-state index contributed by atoms with van der Waals surface area (Å²) in [5.41, 5.74) is 1.24. The van der Waals surface area contributed by atoms with Crippen molar-refractivity contribution in [1.82, 2.24) is 15.0 Å². The van der Waals surface area contributed by atoms with E-state index in [2.05, 4.69) is 27.2 Å². The van der Waals surface area contributed by atoms with Crippen LogP contribution in [0.25, 0.3) is 0 Å². The number of nitrogens with zero attached hydrogens (tertiary/aromatic N) is 4. The van der Waals surface area contributed by atoms with Crippen LogP contribution in [0.15, 0.2) is 34.9 Å². The molecule has 25 heavy (non-hydrogen) atoms. The number of carbonyl (C=O) groups is 1. The Morgan fingerprint density at radius 3 is 2.72 bits per heavy atom. The van der Waals surface area contributed by atoms with E-state index in [0.717, 1.165) is 13.0 Å². The van der Waals surface area contributed by atoms with Gasteiger partial charge in [-0.05, 0) is 23.1 Å². The maximum Gasteiger partial charge on any atom is 0.309 e. The molecule has 0 N–H and O–H groups in total. The quantitative estimate of drug-likeness (QED) is 0.767. The second-order valence-electron chi connectivity index (χ2n) is 6.64. The lowest BCUT2D eigenvalue weighted by Crippen LogP contribution is -2.42. The van der Waals surface area contributed by atoms with Crippen LogP contribution in [0, 0.1) is 5.92 Å². The van der Waals surface area contributed by atoms with Crippen molar-refractivity contribution in [3.63, 3.8) is 0 Å². The van der Waals surface area contributed by atoms with Crippen LogP contribution in [-0.4, -0.2) is 55.3 Å². The molecule has 1 aromatic heterocycles. The predicted octanol–water partition coefficient (Wildman–Crippen LogP) is 1.91. The molecule has 1 saturated heterocycles. The molecule has 0 spiro atoms. The van der Waals surface area contributed by atoms with Crippen LogP contribution in [-0.2, 0) is 16.1 Å². The van der Waals surface area contributed by atoms with Crippen LogP contribution in [0.3, 0.4) is 0 Å². The topological polar surface area (TPSA) is 71.7 Å². The first-order valence-electron chi connectivity index (χ1n) is 8.42. The van der Waals surface area contributed by atoms with Crippen LogP contribution >= 0.6 is 0 Å². The number of rotatable bonds is 5. The second kappa shape index (κ2) is 7.65. The van der Waals surface area contributed by atoms with E-state index in [9.17, 15) is 4.79 Å². The van der Waals surface area contributed by atoms with Gasteiger partial charge in [0.25, 0.3) is 5.95 Å². The van der Waals surface area contributed by atoms with Gasteiger partial charge >= 0.3 is 5.97 Å². The monoisotopic (exact) mass is 344 g/mol. The van der Waals surface area contributed by atoms with E-state index in [1.807, 2.05) is 32.3 Å². The van der Waals surface area contributed by atoms with E-state index in [-0.39, 0.29) is 17.8 Å². The number of piperidine rings is 1. The second-order valence-corrected chi connectivity index (χ2v) is 6.64. The zero-order valence-corrected chi connectivity index (χ0v) is 14.9. The van der Waals surface area contributed by atoms with Gasteiger partial charge in [-0.3, -0.25) is 9.69 Å². The van der Waals surface area contributed by atoms with Crippen molar-refractivity contribution < 1.29 is 14.1 Å². The van der Waals surface area contributed by atoms with Gasteiger partial charge in [0.1, 0.15) is 0 Å². The molecule has 2 heterocycles. The highest BCUT2D eigenvalue weighted by atomic mass is 16.5. The number of carbonyl (C=O) groups excluding carboxylic acids is 1. The maximum atomic E-state index is 12.1. The minimum Gasteiger partial charge on any atom is -0.469 e. The van der Waals surface area contributed by atoms with E-state index in [1.54, 1.807) is 4.90 Å². The Labute approximate surface area is 147 Å². The first-order valence-corrected chi connectivity index (χ1v) is 8.42. The van der Waals surface area contributed by atoms with E-state index in [1.165, 1.54) is 12.7 Å². The number of esters is 1. The molecule has 3 rings (SSSR count). The van der Waals surface area contributed by atoms with Gasteiger partial charge in [-0.15, -0.1) is 0 Å². The Hall–Kier alpha value is -2.41. The fourth-order valence-corrected chi connectivity index (χ4v) is 3.31. The highest BCUT2D eigenvalue weighted by Gasteiger charge is 2.33. The molecule has 1 fully saturated rings. The lowest BCUT2D eigenvalue weighted by atomic mass is 9.84. The number of methoxy groups -OCH3 is 1. The molecule has 7 heteroatoms. The van der Waals surface area contributed by atoms with Crippen LogP contribution in [0.4, 0.5) is 5.95 Å². The molecule has 1 aliphatic rings. The molecule has 1 aliphatic heterocycles. The van der Waals surface area contributed by atoms with Gasteiger partial charge in [-0.2, -0.15) is 4.98 Å². The molecule has 2 aromatic rings. The van der Waals surface area contributed by atoms with Crippen LogP contribution in [0.2, 0.25) is 0 Å². The third-order valence-electron chi connectivity index (χ3n) is 4.55. The standard InChI is InChI=1S/C18H24N4O3/c1-21(2)18-19-16(25-20-18)12-22-10-14(13-7-5-4-6-8-13)9-15(11-22)17(23)24-3/h4-8,14-15H,9-12H2,1-3H3/t14-,15+/m0/s1. The summed E-state index contributed by atoms with van der Waals surface area (Å²) in [5.74, 6) is 1.07. The summed E-state index contributed by atoms with van der Waals surface area (Å²) < 4.78 is 10.3. The van der Waals surface area contributed by atoms with Crippen molar-refractivity contribution in [3.05, 3.63) is 41.8 Å². The van der Waals surface area contributed by atoms with Gasteiger partial charge in [-0.1, -0.05) is 30.3 Å². The van der Waals surface area contributed by atoms with Crippen LogP contribution in [0.5, 0.6) is 0 Å². The molecule has 0 aliphatic carbocycles. The number of anilines is 1. The van der Waals surface area contributed by atoms with Crippen molar-refractivity contribution >= 4 is 11.9 Å². The Morgan fingerprint density at radius 1 is 1.32 bits per heavy atom. The smallest absolute Gasteiger partial charge is 0.309 e. The fraction of sp³-hybridized carbons (Fsp3) is 0.500. The number of ether oxygens (including phenoxy) is 1. The summed E-state index contributed by atoms with van der Waals surface area (Å²) in [4.78, 5) is 20.5. The minimum atomic E-state index is -0.162. The SMILES string of the molecule is COC(=O)[C@@H]1C[C@H](c2ccccc2)CN(Cc2nc(N(C)C)no2)C1. The van der Waals surface area contributed by atoms with E-state index < -0.39 is 0 Å². The van der Waals surface area contributed by atoms with Gasteiger partial charge < -0.3 is 14.2 Å². The first kappa shape index (κ1) is 17.4. The van der Waals surface area contributed by atoms with Gasteiger partial charge in [0, 0.05) is 27.2 Å². The molecule has 0 saturated carbocycles. The minimum absolute atomic E-state index is 0.153. The van der Waals surface area contributed by atoms with Gasteiger partial charge in [0.05, 0.1) is 19.6 Å². The molecule has 134 valence electrons. The largest absolute Gasteiger partial charge is 0.469 e. The lowest BCUT2D eigenvalue weighted by Gasteiger charge is -2.36. The lowest BCUT2D eigenvalue weighted by molar-refractivity contribution is -0.147. The van der Waals surface area contributed by atoms with E-state index in [0.29, 0.717) is 24.9 Å². The Bertz CT molecular complexity index is 701. The highest BCUT2D eigenvalue weighted by molar-refractivity contribution is 5.72. The number of aromatic nitrogens is 2. The molecule has 2 atom stereocenters. The van der Waals surface area contributed by atoms with E-state index in [4.69, 9.17) is 9.26 Å². The highest BCUT2D eigenvalue weighted by Crippen LogP contribution is 2.31. The molecule has 7 nitrogen and oxygen atoms in total. The predicted molar refractivity (Wildman–Crippen MR) is 93.2 cm³/mol. The number of benzene rings is 1.